The highest BCUT2D eigenvalue weighted by molar-refractivity contribution is 9.10. The van der Waals surface area contributed by atoms with Gasteiger partial charge in [-0.15, -0.1) is 0 Å². The highest BCUT2D eigenvalue weighted by atomic mass is 79.9. The largest absolute Gasteiger partial charge is 0.346 e. The number of nitrogens with one attached hydrogen (secondary N) is 1. The molecule has 16 heavy (non-hydrogen) atoms. The van der Waals surface area contributed by atoms with Gasteiger partial charge in [-0.05, 0) is 40.2 Å². The van der Waals surface area contributed by atoms with Gasteiger partial charge in [0.15, 0.2) is 0 Å². The average Bonchev–Trinajstić information content (AvgIpc) is 2.24. The van der Waals surface area contributed by atoms with Gasteiger partial charge >= 0.3 is 0 Å². The zero-order chi connectivity index (χ0) is 11.7. The van der Waals surface area contributed by atoms with Crippen LogP contribution >= 0.6 is 28.1 Å². The van der Waals surface area contributed by atoms with E-state index in [4.69, 9.17) is 12.2 Å². The molecular weight excluding hydrogens is 296 g/mol. The van der Waals surface area contributed by atoms with E-state index < -0.39 is 11.6 Å². The Morgan fingerprint density at radius 2 is 1.88 bits per heavy atom. The van der Waals surface area contributed by atoms with Gasteiger partial charge in [0.2, 0.25) is 0 Å². The molecule has 0 fully saturated rings. The van der Waals surface area contributed by atoms with Crippen molar-refractivity contribution in [1.29, 1.82) is 0 Å². The molecule has 0 aliphatic carbocycles. The van der Waals surface area contributed by atoms with Gasteiger partial charge in [-0.2, -0.15) is 0 Å². The molecule has 0 amide bonds. The van der Waals surface area contributed by atoms with Crippen molar-refractivity contribution in [2.75, 3.05) is 0 Å². The van der Waals surface area contributed by atoms with Crippen molar-refractivity contribution in [1.82, 2.24) is 4.98 Å². The van der Waals surface area contributed by atoms with E-state index in [2.05, 4.69) is 20.9 Å². The minimum atomic E-state index is -0.642. The van der Waals surface area contributed by atoms with Gasteiger partial charge < -0.3 is 4.98 Å². The van der Waals surface area contributed by atoms with E-state index in [1.54, 1.807) is 18.2 Å². The molecule has 0 aliphatic heterocycles. The van der Waals surface area contributed by atoms with Crippen molar-refractivity contribution in [3.05, 3.63) is 51.1 Å². The Morgan fingerprint density at radius 1 is 1.12 bits per heavy atom. The number of hydrogen-bond donors (Lipinski definition) is 1. The van der Waals surface area contributed by atoms with E-state index >= 15 is 0 Å². The van der Waals surface area contributed by atoms with Crippen LogP contribution < -0.4 is 0 Å². The molecule has 82 valence electrons. The monoisotopic (exact) mass is 301 g/mol. The molecule has 0 atom stereocenters. The summed E-state index contributed by atoms with van der Waals surface area (Å²) in [6.45, 7) is 0. The molecule has 5 heteroatoms. The molecule has 0 unspecified atom stereocenters. The average molecular weight is 302 g/mol. The Balaban J connectivity index is 2.73. The first-order valence-corrected chi connectivity index (χ1v) is 5.63. The second-order valence-corrected chi connectivity index (χ2v) is 4.44. The van der Waals surface area contributed by atoms with E-state index in [1.165, 1.54) is 12.1 Å². The fourth-order valence-electron chi connectivity index (χ4n) is 1.37. The van der Waals surface area contributed by atoms with Gasteiger partial charge in [-0.3, -0.25) is 0 Å². The summed E-state index contributed by atoms with van der Waals surface area (Å²) in [5.41, 5.74) is 0.213. The highest BCUT2D eigenvalue weighted by Gasteiger charge is 2.14. The van der Waals surface area contributed by atoms with E-state index in [1.807, 2.05) is 0 Å². The Bertz CT molecular complexity index is 595. The maximum Gasteiger partial charge on any atom is 0.149 e. The van der Waals surface area contributed by atoms with Gasteiger partial charge in [0, 0.05) is 0 Å². The molecule has 0 spiro atoms. The molecule has 1 aromatic carbocycles. The van der Waals surface area contributed by atoms with Crippen LogP contribution in [0.2, 0.25) is 0 Å². The third-order valence-corrected chi connectivity index (χ3v) is 2.93. The Hall–Kier alpha value is -1.07. The maximum atomic E-state index is 13.7. The predicted molar refractivity (Wildman–Crippen MR) is 64.7 cm³/mol. The minimum absolute atomic E-state index is 0.110. The second kappa shape index (κ2) is 4.43. The Morgan fingerprint density at radius 3 is 2.56 bits per heavy atom. The van der Waals surface area contributed by atoms with Crippen molar-refractivity contribution in [3.8, 4) is 11.3 Å². The lowest BCUT2D eigenvalue weighted by Gasteiger charge is -2.06. The normalized spacial score (nSPS) is 10.4. The van der Waals surface area contributed by atoms with E-state index in [9.17, 15) is 8.78 Å². The molecule has 0 aliphatic rings. The van der Waals surface area contributed by atoms with Crippen molar-refractivity contribution >= 4 is 28.1 Å². The Labute approximate surface area is 104 Å². The Kier molecular flexibility index (Phi) is 3.16. The summed E-state index contributed by atoms with van der Waals surface area (Å²) in [4.78, 5) is 2.75. The first-order chi connectivity index (χ1) is 7.59. The van der Waals surface area contributed by atoms with Crippen LogP contribution in [0.5, 0.6) is 0 Å². The lowest BCUT2D eigenvalue weighted by molar-refractivity contribution is 0.584. The molecule has 1 N–H and O–H groups in total. The maximum absolute atomic E-state index is 13.7. The number of pyridine rings is 1. The fourth-order valence-corrected chi connectivity index (χ4v) is 1.89. The van der Waals surface area contributed by atoms with Gasteiger partial charge in [0.1, 0.15) is 16.3 Å². The van der Waals surface area contributed by atoms with Gasteiger partial charge in [0.05, 0.1) is 15.7 Å². The summed E-state index contributed by atoms with van der Waals surface area (Å²) in [5.74, 6) is -1.27. The third kappa shape index (κ3) is 2.05. The number of hydrogen-bond acceptors (Lipinski definition) is 1. The molecule has 0 radical (unpaired) electrons. The second-order valence-electron chi connectivity index (χ2n) is 3.15. The number of H-pyrrole nitrogens is 1. The first-order valence-electron chi connectivity index (χ1n) is 4.43. The zero-order valence-electron chi connectivity index (χ0n) is 7.93. The van der Waals surface area contributed by atoms with Gasteiger partial charge in [-0.1, -0.05) is 18.3 Å². The summed E-state index contributed by atoms with van der Waals surface area (Å²) in [6.07, 6.45) is 0. The van der Waals surface area contributed by atoms with Crippen molar-refractivity contribution in [3.63, 3.8) is 0 Å². The van der Waals surface area contributed by atoms with Crippen molar-refractivity contribution in [2.24, 2.45) is 0 Å². The third-order valence-electron chi connectivity index (χ3n) is 2.08. The summed E-state index contributed by atoms with van der Waals surface area (Å²) >= 11 is 7.92. The molecule has 0 saturated heterocycles. The predicted octanol–water partition coefficient (Wildman–Crippen LogP) is 4.45. The molecule has 2 aromatic rings. The standard InChI is InChI=1S/C11H6BrF2NS/c12-6-4-5-7(13)10(11(6)14)8-2-1-3-9(16)15-8/h1-5H,(H,15,16). The summed E-state index contributed by atoms with van der Waals surface area (Å²) in [5, 5.41) is 0. The summed E-state index contributed by atoms with van der Waals surface area (Å²) in [7, 11) is 0. The van der Waals surface area contributed by atoms with Crippen LogP contribution in [0.25, 0.3) is 11.3 Å². The lowest BCUT2D eigenvalue weighted by Crippen LogP contribution is -1.93. The molecule has 0 saturated carbocycles. The van der Waals surface area contributed by atoms with Crippen LogP contribution in [0.4, 0.5) is 8.78 Å². The van der Waals surface area contributed by atoms with Crippen LogP contribution in [-0.2, 0) is 0 Å². The number of rotatable bonds is 1. The number of halogens is 3. The number of aromatic amines is 1. The topological polar surface area (TPSA) is 15.8 Å². The lowest BCUT2D eigenvalue weighted by atomic mass is 10.1. The molecule has 1 nitrogen and oxygen atoms in total. The number of benzene rings is 1. The molecular formula is C11H6BrF2NS. The van der Waals surface area contributed by atoms with Crippen molar-refractivity contribution in [2.45, 2.75) is 0 Å². The minimum Gasteiger partial charge on any atom is -0.346 e. The zero-order valence-corrected chi connectivity index (χ0v) is 10.3. The van der Waals surface area contributed by atoms with Crippen LogP contribution in [0.3, 0.4) is 0 Å². The van der Waals surface area contributed by atoms with Crippen LogP contribution in [0, 0.1) is 16.3 Å². The smallest absolute Gasteiger partial charge is 0.149 e. The first kappa shape index (κ1) is 11.4. The summed E-state index contributed by atoms with van der Waals surface area (Å²) in [6, 6.07) is 7.39. The SMILES string of the molecule is Fc1ccc(Br)c(F)c1-c1cccc(=S)[nH]1. The van der Waals surface area contributed by atoms with E-state index in [0.717, 1.165) is 0 Å². The molecule has 1 aromatic heterocycles. The van der Waals surface area contributed by atoms with E-state index in [-0.39, 0.29) is 10.0 Å². The summed E-state index contributed by atoms with van der Waals surface area (Å²) < 4.78 is 27.9. The molecule has 1 heterocycles. The van der Waals surface area contributed by atoms with Crippen LogP contribution in [-0.4, -0.2) is 4.98 Å². The molecule has 0 bridgehead atoms. The quantitative estimate of drug-likeness (QED) is 0.608. The van der Waals surface area contributed by atoms with E-state index in [0.29, 0.717) is 10.3 Å². The van der Waals surface area contributed by atoms with Crippen LogP contribution in [0.15, 0.2) is 34.8 Å². The highest BCUT2D eigenvalue weighted by Crippen LogP contribution is 2.29. The van der Waals surface area contributed by atoms with Crippen LogP contribution in [0.1, 0.15) is 0 Å². The molecule has 2 rings (SSSR count). The fraction of sp³-hybridized carbons (Fsp3) is 0. The van der Waals surface area contributed by atoms with Gasteiger partial charge in [-0.25, -0.2) is 8.78 Å². The van der Waals surface area contributed by atoms with Gasteiger partial charge in [0.25, 0.3) is 0 Å². The van der Waals surface area contributed by atoms with Crippen molar-refractivity contribution < 1.29 is 8.78 Å². The number of aromatic nitrogens is 1.